The second kappa shape index (κ2) is 4.42. The Bertz CT molecular complexity index is 452. The fraction of sp³-hybridized carbons (Fsp3) is 0.273. The van der Waals surface area contributed by atoms with Crippen LogP contribution < -0.4 is 5.73 Å². The Kier molecular flexibility index (Phi) is 2.98. The Morgan fingerprint density at radius 2 is 2.00 bits per heavy atom. The topological polar surface area (TPSA) is 77.0 Å². The lowest BCUT2D eigenvalue weighted by molar-refractivity contribution is 0.159. The molecule has 0 aliphatic rings. The van der Waals surface area contributed by atoms with Gasteiger partial charge in [-0.1, -0.05) is 18.2 Å². The summed E-state index contributed by atoms with van der Waals surface area (Å²) in [4.78, 5) is 0. The Labute approximate surface area is 93.5 Å². The standard InChI is InChI=1S/C11H14N4O/c1-8(16)10(12)11-14-13-7-15(11)9-5-3-2-4-6-9/h2-8,10,16H,12H2,1H3/t8-,10+/m1/s1. The van der Waals surface area contributed by atoms with E-state index in [0.29, 0.717) is 5.82 Å². The van der Waals surface area contributed by atoms with E-state index in [1.165, 1.54) is 0 Å². The third kappa shape index (κ3) is 1.95. The molecule has 0 saturated heterocycles. The molecule has 1 aromatic carbocycles. The average Bonchev–Trinajstić information content (AvgIpc) is 2.77. The van der Waals surface area contributed by atoms with E-state index < -0.39 is 12.1 Å². The van der Waals surface area contributed by atoms with Crippen molar-refractivity contribution in [2.24, 2.45) is 5.73 Å². The Hall–Kier alpha value is -1.72. The molecule has 84 valence electrons. The molecule has 0 saturated carbocycles. The zero-order chi connectivity index (χ0) is 11.5. The van der Waals surface area contributed by atoms with Crippen LogP contribution in [0.3, 0.4) is 0 Å². The largest absolute Gasteiger partial charge is 0.391 e. The van der Waals surface area contributed by atoms with E-state index in [4.69, 9.17) is 5.73 Å². The van der Waals surface area contributed by atoms with Crippen molar-refractivity contribution in [3.05, 3.63) is 42.5 Å². The minimum absolute atomic E-state index is 0.539. The Morgan fingerprint density at radius 1 is 1.31 bits per heavy atom. The highest BCUT2D eigenvalue weighted by Crippen LogP contribution is 2.15. The van der Waals surface area contributed by atoms with Crippen LogP contribution in [-0.4, -0.2) is 26.0 Å². The second-order valence-electron chi connectivity index (χ2n) is 3.66. The zero-order valence-electron chi connectivity index (χ0n) is 8.99. The van der Waals surface area contributed by atoms with Gasteiger partial charge < -0.3 is 10.8 Å². The van der Waals surface area contributed by atoms with Crippen molar-refractivity contribution in [2.75, 3.05) is 0 Å². The monoisotopic (exact) mass is 218 g/mol. The first-order chi connectivity index (χ1) is 7.70. The van der Waals surface area contributed by atoms with E-state index in [1.807, 2.05) is 30.3 Å². The molecule has 0 spiro atoms. The highest BCUT2D eigenvalue weighted by atomic mass is 16.3. The smallest absolute Gasteiger partial charge is 0.157 e. The van der Waals surface area contributed by atoms with Crippen LogP contribution >= 0.6 is 0 Å². The molecule has 1 aromatic heterocycles. The molecule has 2 atom stereocenters. The van der Waals surface area contributed by atoms with Crippen LogP contribution in [0.2, 0.25) is 0 Å². The molecule has 2 aromatic rings. The van der Waals surface area contributed by atoms with Gasteiger partial charge in [0, 0.05) is 5.69 Å². The molecule has 2 rings (SSSR count). The van der Waals surface area contributed by atoms with Crippen LogP contribution in [0.15, 0.2) is 36.7 Å². The van der Waals surface area contributed by atoms with Crippen LogP contribution in [0, 0.1) is 0 Å². The van der Waals surface area contributed by atoms with Crippen LogP contribution in [0.5, 0.6) is 0 Å². The molecule has 16 heavy (non-hydrogen) atoms. The first-order valence-corrected chi connectivity index (χ1v) is 5.09. The van der Waals surface area contributed by atoms with Gasteiger partial charge in [0.2, 0.25) is 0 Å². The van der Waals surface area contributed by atoms with E-state index in [1.54, 1.807) is 17.8 Å². The fourth-order valence-corrected chi connectivity index (χ4v) is 1.47. The normalized spacial score (nSPS) is 14.7. The number of aliphatic hydroxyl groups excluding tert-OH is 1. The Morgan fingerprint density at radius 3 is 2.62 bits per heavy atom. The van der Waals surface area contributed by atoms with Crippen LogP contribution in [0.4, 0.5) is 0 Å². The van der Waals surface area contributed by atoms with Crippen LogP contribution in [0.25, 0.3) is 5.69 Å². The van der Waals surface area contributed by atoms with E-state index >= 15 is 0 Å². The van der Waals surface area contributed by atoms with Crippen molar-refractivity contribution in [3.63, 3.8) is 0 Å². The molecule has 0 aliphatic carbocycles. The summed E-state index contributed by atoms with van der Waals surface area (Å²) in [6.45, 7) is 1.63. The third-order valence-electron chi connectivity index (χ3n) is 2.43. The fourth-order valence-electron chi connectivity index (χ4n) is 1.47. The van der Waals surface area contributed by atoms with Gasteiger partial charge in [-0.2, -0.15) is 0 Å². The van der Waals surface area contributed by atoms with Crippen molar-refractivity contribution < 1.29 is 5.11 Å². The summed E-state index contributed by atoms with van der Waals surface area (Å²) >= 11 is 0. The lowest BCUT2D eigenvalue weighted by atomic mass is 10.2. The molecule has 5 nitrogen and oxygen atoms in total. The lowest BCUT2D eigenvalue weighted by Gasteiger charge is -2.15. The van der Waals surface area contributed by atoms with Gasteiger partial charge in [-0.05, 0) is 19.1 Å². The summed E-state index contributed by atoms with van der Waals surface area (Å²) in [6.07, 6.45) is 0.930. The summed E-state index contributed by atoms with van der Waals surface area (Å²) in [5.74, 6) is 0.557. The maximum atomic E-state index is 9.46. The molecule has 0 amide bonds. The molecule has 0 aliphatic heterocycles. The van der Waals surface area contributed by atoms with E-state index in [0.717, 1.165) is 5.69 Å². The van der Waals surface area contributed by atoms with Gasteiger partial charge >= 0.3 is 0 Å². The third-order valence-corrected chi connectivity index (χ3v) is 2.43. The van der Waals surface area contributed by atoms with Gasteiger partial charge in [0.25, 0.3) is 0 Å². The highest BCUT2D eigenvalue weighted by Gasteiger charge is 2.18. The quantitative estimate of drug-likeness (QED) is 0.793. The molecule has 0 fully saturated rings. The number of nitrogens with zero attached hydrogens (tertiary/aromatic N) is 3. The van der Waals surface area contributed by atoms with E-state index in [2.05, 4.69) is 10.2 Å². The summed E-state index contributed by atoms with van der Waals surface area (Å²) in [5, 5.41) is 17.2. The van der Waals surface area contributed by atoms with Gasteiger partial charge in [-0.3, -0.25) is 4.57 Å². The number of nitrogens with two attached hydrogens (primary N) is 1. The molecule has 1 heterocycles. The van der Waals surface area contributed by atoms with Gasteiger partial charge in [0.1, 0.15) is 6.33 Å². The minimum Gasteiger partial charge on any atom is -0.391 e. The number of hydrogen-bond acceptors (Lipinski definition) is 4. The molecule has 5 heteroatoms. The van der Waals surface area contributed by atoms with Crippen LogP contribution in [0.1, 0.15) is 18.8 Å². The number of para-hydroxylation sites is 1. The maximum Gasteiger partial charge on any atom is 0.157 e. The van der Waals surface area contributed by atoms with Gasteiger partial charge in [-0.25, -0.2) is 0 Å². The zero-order valence-corrected chi connectivity index (χ0v) is 8.99. The number of hydrogen-bond donors (Lipinski definition) is 2. The van der Waals surface area contributed by atoms with E-state index in [9.17, 15) is 5.11 Å². The van der Waals surface area contributed by atoms with Crippen molar-refractivity contribution in [2.45, 2.75) is 19.1 Å². The van der Waals surface area contributed by atoms with E-state index in [-0.39, 0.29) is 0 Å². The summed E-state index contributed by atoms with van der Waals surface area (Å²) in [5.41, 5.74) is 6.78. The van der Waals surface area contributed by atoms with Gasteiger partial charge in [0.05, 0.1) is 12.1 Å². The molecular formula is C11H14N4O. The number of aromatic nitrogens is 3. The summed E-state index contributed by atoms with van der Waals surface area (Å²) < 4.78 is 1.78. The van der Waals surface area contributed by atoms with Crippen LogP contribution in [-0.2, 0) is 0 Å². The van der Waals surface area contributed by atoms with Gasteiger partial charge in [0.15, 0.2) is 5.82 Å². The molecule has 0 radical (unpaired) electrons. The molecular weight excluding hydrogens is 204 g/mol. The van der Waals surface area contributed by atoms with Crippen molar-refractivity contribution in [1.82, 2.24) is 14.8 Å². The first kappa shape index (κ1) is 10.8. The molecule has 0 bridgehead atoms. The molecule has 0 unspecified atom stereocenters. The molecule has 3 N–H and O–H groups in total. The van der Waals surface area contributed by atoms with Gasteiger partial charge in [-0.15, -0.1) is 10.2 Å². The SMILES string of the molecule is C[C@@H](O)[C@H](N)c1nncn1-c1ccccc1. The first-order valence-electron chi connectivity index (χ1n) is 5.09. The summed E-state index contributed by atoms with van der Waals surface area (Å²) in [7, 11) is 0. The second-order valence-corrected chi connectivity index (χ2v) is 3.66. The highest BCUT2D eigenvalue weighted by molar-refractivity contribution is 5.32. The predicted octanol–water partition coefficient (Wildman–Crippen LogP) is 0.648. The minimum atomic E-state index is -0.660. The maximum absolute atomic E-state index is 9.46. The number of aliphatic hydroxyl groups is 1. The lowest BCUT2D eigenvalue weighted by Crippen LogP contribution is -2.26. The van der Waals surface area contributed by atoms with Crippen molar-refractivity contribution in [3.8, 4) is 5.69 Å². The number of rotatable bonds is 3. The van der Waals surface area contributed by atoms with Crippen molar-refractivity contribution >= 4 is 0 Å². The Balaban J connectivity index is 2.40. The average molecular weight is 218 g/mol. The predicted molar refractivity (Wildman–Crippen MR) is 60.0 cm³/mol. The number of benzene rings is 1. The summed E-state index contributed by atoms with van der Waals surface area (Å²) in [6, 6.07) is 9.11. The van der Waals surface area contributed by atoms with Crippen molar-refractivity contribution in [1.29, 1.82) is 0 Å².